The summed E-state index contributed by atoms with van der Waals surface area (Å²) in [6.07, 6.45) is 5.08. The van der Waals surface area contributed by atoms with Gasteiger partial charge in [-0.1, -0.05) is 18.9 Å². The van der Waals surface area contributed by atoms with Gasteiger partial charge < -0.3 is 19.3 Å². The fourth-order valence-corrected chi connectivity index (χ4v) is 4.42. The molecule has 1 unspecified atom stereocenters. The van der Waals surface area contributed by atoms with Crippen molar-refractivity contribution < 1.29 is 14.3 Å². The summed E-state index contributed by atoms with van der Waals surface area (Å²) in [7, 11) is 4.11. The molecule has 0 saturated heterocycles. The van der Waals surface area contributed by atoms with E-state index in [1.165, 1.54) is 25.7 Å². The van der Waals surface area contributed by atoms with Crippen molar-refractivity contribution >= 4 is 5.91 Å². The SMILES string of the molecule is CN(C)CCN(Cc1ccc2c(c1)OCO2)C(=O)C1[C@H]2CCCC[C@@H]12. The lowest BCUT2D eigenvalue weighted by molar-refractivity contribution is -0.134. The van der Waals surface area contributed by atoms with Crippen molar-refractivity contribution in [3.05, 3.63) is 23.8 Å². The van der Waals surface area contributed by atoms with E-state index in [1.807, 2.05) is 18.2 Å². The minimum atomic E-state index is 0.277. The van der Waals surface area contributed by atoms with Crippen molar-refractivity contribution in [2.45, 2.75) is 32.2 Å². The van der Waals surface area contributed by atoms with Crippen LogP contribution < -0.4 is 9.47 Å². The van der Waals surface area contributed by atoms with E-state index in [9.17, 15) is 4.79 Å². The summed E-state index contributed by atoms with van der Waals surface area (Å²) in [6.45, 7) is 2.60. The van der Waals surface area contributed by atoms with Gasteiger partial charge in [-0.05, 0) is 56.5 Å². The summed E-state index contributed by atoms with van der Waals surface area (Å²) in [4.78, 5) is 17.4. The molecule has 3 aliphatic rings. The Bertz CT molecular complexity index is 634. The van der Waals surface area contributed by atoms with Crippen LogP contribution in [0, 0.1) is 17.8 Å². The highest BCUT2D eigenvalue weighted by atomic mass is 16.7. The number of likely N-dealkylation sites (N-methyl/N-ethyl adjacent to an activating group) is 1. The molecule has 0 aromatic heterocycles. The van der Waals surface area contributed by atoms with E-state index in [0.717, 1.165) is 30.2 Å². The molecule has 1 amide bonds. The number of rotatable bonds is 6. The smallest absolute Gasteiger partial charge is 0.231 e. The minimum absolute atomic E-state index is 0.277. The fourth-order valence-electron chi connectivity index (χ4n) is 4.42. The Morgan fingerprint density at radius 2 is 1.80 bits per heavy atom. The summed E-state index contributed by atoms with van der Waals surface area (Å²) < 4.78 is 10.9. The average molecular weight is 344 g/mol. The fraction of sp³-hybridized carbons (Fsp3) is 0.650. The standard InChI is InChI=1S/C20H28N2O3/c1-21(2)9-10-22(20(23)19-15-5-3-4-6-16(15)19)12-14-7-8-17-18(11-14)25-13-24-17/h7-8,11,15-16,19H,3-6,9-10,12-13H2,1-2H3/t15-,16+,19?. The van der Waals surface area contributed by atoms with Crippen molar-refractivity contribution in [3.63, 3.8) is 0 Å². The Labute approximate surface area is 149 Å². The minimum Gasteiger partial charge on any atom is -0.454 e. The second-order valence-corrected chi connectivity index (χ2v) is 7.89. The van der Waals surface area contributed by atoms with Gasteiger partial charge in [0.25, 0.3) is 0 Å². The second kappa shape index (κ2) is 6.87. The van der Waals surface area contributed by atoms with Crippen LogP contribution in [0.5, 0.6) is 11.5 Å². The molecule has 1 aliphatic heterocycles. The monoisotopic (exact) mass is 344 g/mol. The first-order chi connectivity index (χ1) is 12.1. The molecule has 2 saturated carbocycles. The normalized spacial score (nSPS) is 26.4. The van der Waals surface area contributed by atoms with E-state index in [4.69, 9.17) is 9.47 Å². The molecule has 136 valence electrons. The lowest BCUT2D eigenvalue weighted by Gasteiger charge is -2.25. The van der Waals surface area contributed by atoms with Gasteiger partial charge in [0.1, 0.15) is 0 Å². The van der Waals surface area contributed by atoms with Gasteiger partial charge in [0.05, 0.1) is 0 Å². The van der Waals surface area contributed by atoms with Crippen LogP contribution in [0.2, 0.25) is 0 Å². The van der Waals surface area contributed by atoms with Crippen molar-refractivity contribution in [1.29, 1.82) is 0 Å². The van der Waals surface area contributed by atoms with Crippen LogP contribution in [0.15, 0.2) is 18.2 Å². The second-order valence-electron chi connectivity index (χ2n) is 7.89. The Kier molecular flexibility index (Phi) is 4.59. The summed E-state index contributed by atoms with van der Waals surface area (Å²) in [5, 5.41) is 0. The van der Waals surface area contributed by atoms with E-state index in [0.29, 0.717) is 24.3 Å². The maximum Gasteiger partial charge on any atom is 0.231 e. The molecule has 2 fully saturated rings. The summed E-state index contributed by atoms with van der Waals surface area (Å²) >= 11 is 0. The zero-order valence-corrected chi connectivity index (χ0v) is 15.2. The molecule has 1 aromatic rings. The Hall–Kier alpha value is -1.75. The summed E-state index contributed by atoms with van der Waals surface area (Å²) in [6, 6.07) is 6.00. The molecule has 0 bridgehead atoms. The van der Waals surface area contributed by atoms with E-state index in [-0.39, 0.29) is 12.7 Å². The highest BCUT2D eigenvalue weighted by Crippen LogP contribution is 2.56. The maximum absolute atomic E-state index is 13.2. The van der Waals surface area contributed by atoms with Crippen LogP contribution in [0.25, 0.3) is 0 Å². The number of hydrogen-bond donors (Lipinski definition) is 0. The van der Waals surface area contributed by atoms with Crippen LogP contribution in [0.3, 0.4) is 0 Å². The van der Waals surface area contributed by atoms with Crippen LogP contribution in [0.1, 0.15) is 31.2 Å². The predicted molar refractivity (Wildman–Crippen MR) is 95.5 cm³/mol. The quantitative estimate of drug-likeness (QED) is 0.796. The number of amides is 1. The van der Waals surface area contributed by atoms with Gasteiger partial charge in [0.2, 0.25) is 12.7 Å². The van der Waals surface area contributed by atoms with Crippen molar-refractivity contribution in [3.8, 4) is 11.5 Å². The number of carbonyl (C=O) groups excluding carboxylic acids is 1. The average Bonchev–Trinajstić information content (AvgIpc) is 3.15. The molecule has 0 radical (unpaired) electrons. The number of fused-ring (bicyclic) bond motifs is 2. The van der Waals surface area contributed by atoms with E-state index in [2.05, 4.69) is 23.9 Å². The highest BCUT2D eigenvalue weighted by molar-refractivity contribution is 5.82. The number of hydrogen-bond acceptors (Lipinski definition) is 4. The van der Waals surface area contributed by atoms with Gasteiger partial charge >= 0.3 is 0 Å². The first kappa shape index (κ1) is 16.7. The summed E-state index contributed by atoms with van der Waals surface area (Å²) in [5.41, 5.74) is 1.11. The Morgan fingerprint density at radius 1 is 1.08 bits per heavy atom. The molecule has 1 aromatic carbocycles. The number of ether oxygens (including phenoxy) is 2. The van der Waals surface area contributed by atoms with E-state index >= 15 is 0 Å². The third kappa shape index (κ3) is 3.47. The van der Waals surface area contributed by atoms with Crippen molar-refractivity contribution in [2.24, 2.45) is 17.8 Å². The first-order valence-electron chi connectivity index (χ1n) is 9.45. The molecule has 0 N–H and O–H groups in total. The predicted octanol–water partition coefficient (Wildman–Crippen LogP) is 2.74. The first-order valence-corrected chi connectivity index (χ1v) is 9.45. The zero-order valence-electron chi connectivity index (χ0n) is 15.2. The van der Waals surface area contributed by atoms with Gasteiger partial charge in [-0.2, -0.15) is 0 Å². The third-order valence-electron chi connectivity index (χ3n) is 5.88. The molecule has 25 heavy (non-hydrogen) atoms. The number of benzene rings is 1. The molecular weight excluding hydrogens is 316 g/mol. The number of carbonyl (C=O) groups is 1. The van der Waals surface area contributed by atoms with Crippen molar-refractivity contribution in [1.82, 2.24) is 9.80 Å². The third-order valence-corrected chi connectivity index (χ3v) is 5.88. The van der Waals surface area contributed by atoms with Crippen molar-refractivity contribution in [2.75, 3.05) is 34.0 Å². The van der Waals surface area contributed by atoms with E-state index in [1.54, 1.807) is 0 Å². The van der Waals surface area contributed by atoms with Crippen LogP contribution in [0.4, 0.5) is 0 Å². The molecular formula is C20H28N2O3. The van der Waals surface area contributed by atoms with Crippen LogP contribution >= 0.6 is 0 Å². The zero-order chi connectivity index (χ0) is 17.4. The van der Waals surface area contributed by atoms with Gasteiger partial charge in [0, 0.05) is 25.6 Å². The number of nitrogens with zero attached hydrogens (tertiary/aromatic N) is 2. The molecule has 5 heteroatoms. The molecule has 0 spiro atoms. The van der Waals surface area contributed by atoms with E-state index < -0.39 is 0 Å². The topological polar surface area (TPSA) is 42.0 Å². The lowest BCUT2D eigenvalue weighted by Crippen LogP contribution is -2.37. The van der Waals surface area contributed by atoms with Gasteiger partial charge in [0.15, 0.2) is 11.5 Å². The molecule has 4 rings (SSSR count). The summed E-state index contributed by atoms with van der Waals surface area (Å²) in [5.74, 6) is 3.52. The largest absolute Gasteiger partial charge is 0.454 e. The Balaban J connectivity index is 1.47. The van der Waals surface area contributed by atoms with Crippen LogP contribution in [-0.4, -0.2) is 49.7 Å². The molecule has 1 heterocycles. The van der Waals surface area contributed by atoms with Gasteiger partial charge in [-0.3, -0.25) is 4.79 Å². The highest BCUT2D eigenvalue weighted by Gasteiger charge is 2.55. The lowest BCUT2D eigenvalue weighted by atomic mass is 10.0. The maximum atomic E-state index is 13.2. The van der Waals surface area contributed by atoms with Gasteiger partial charge in [-0.25, -0.2) is 0 Å². The molecule has 3 atom stereocenters. The van der Waals surface area contributed by atoms with Crippen LogP contribution in [-0.2, 0) is 11.3 Å². The molecule has 2 aliphatic carbocycles. The Morgan fingerprint density at radius 3 is 2.52 bits per heavy atom. The van der Waals surface area contributed by atoms with Gasteiger partial charge in [-0.15, -0.1) is 0 Å². The molecule has 5 nitrogen and oxygen atoms in total.